The van der Waals surface area contributed by atoms with Gasteiger partial charge in [-0.25, -0.2) is 12.8 Å². The van der Waals surface area contributed by atoms with Gasteiger partial charge < -0.3 is 5.11 Å². The quantitative estimate of drug-likeness (QED) is 0.890. The molecule has 7 heteroatoms. The van der Waals surface area contributed by atoms with Crippen molar-refractivity contribution in [3.8, 4) is 0 Å². The van der Waals surface area contributed by atoms with Crippen molar-refractivity contribution in [2.75, 3.05) is 11.3 Å². The fourth-order valence-electron chi connectivity index (χ4n) is 1.11. The van der Waals surface area contributed by atoms with Crippen LogP contribution in [0.4, 0.5) is 10.1 Å². The van der Waals surface area contributed by atoms with Crippen LogP contribution in [0.15, 0.2) is 16.6 Å². The van der Waals surface area contributed by atoms with E-state index in [2.05, 4.69) is 20.7 Å². The van der Waals surface area contributed by atoms with E-state index < -0.39 is 27.7 Å². The number of benzene rings is 1. The second kappa shape index (κ2) is 5.32. The van der Waals surface area contributed by atoms with Crippen LogP contribution in [-0.2, 0) is 10.0 Å². The van der Waals surface area contributed by atoms with E-state index in [1.165, 1.54) is 13.0 Å². The molecule has 0 saturated heterocycles. The highest BCUT2D eigenvalue weighted by Gasteiger charge is 2.20. The summed E-state index contributed by atoms with van der Waals surface area (Å²) in [6.45, 7) is 2.53. The Kier molecular flexibility index (Phi) is 4.51. The Morgan fingerprint density at radius 1 is 1.53 bits per heavy atom. The van der Waals surface area contributed by atoms with Crippen molar-refractivity contribution in [2.45, 2.75) is 19.1 Å². The molecule has 1 rings (SSSR count). The first-order chi connectivity index (χ1) is 7.77. The van der Waals surface area contributed by atoms with Gasteiger partial charge in [-0.1, -0.05) is 0 Å². The van der Waals surface area contributed by atoms with Gasteiger partial charge >= 0.3 is 0 Å². The predicted octanol–water partition coefficient (Wildman–Crippen LogP) is 2.02. The van der Waals surface area contributed by atoms with Gasteiger partial charge in [0.1, 0.15) is 11.1 Å². The summed E-state index contributed by atoms with van der Waals surface area (Å²) in [7, 11) is -3.70. The van der Waals surface area contributed by atoms with E-state index in [9.17, 15) is 12.8 Å². The summed E-state index contributed by atoms with van der Waals surface area (Å²) in [6, 6.07) is 2.58. The summed E-state index contributed by atoms with van der Waals surface area (Å²) in [5.74, 6) is -0.551. The monoisotopic (exact) mass is 325 g/mol. The second-order valence-electron chi connectivity index (χ2n) is 3.72. The second-order valence-corrected chi connectivity index (χ2v) is 6.67. The standard InChI is InChI=1S/C10H13BrFNO3S/c1-6-3-8(11)9(12)4-10(6)13-17(15,16)7(2)5-14/h3-4,7,13-14H,5H2,1-2H3. The molecule has 0 fully saturated rings. The summed E-state index contributed by atoms with van der Waals surface area (Å²) >= 11 is 3.01. The van der Waals surface area contributed by atoms with E-state index in [-0.39, 0.29) is 10.2 Å². The summed E-state index contributed by atoms with van der Waals surface area (Å²) in [4.78, 5) is 0. The summed E-state index contributed by atoms with van der Waals surface area (Å²) < 4.78 is 39.2. The summed E-state index contributed by atoms with van der Waals surface area (Å²) in [6.07, 6.45) is 0. The minimum atomic E-state index is -3.70. The molecule has 1 aromatic rings. The Labute approximate surface area is 108 Å². The SMILES string of the molecule is Cc1cc(Br)c(F)cc1NS(=O)(=O)C(C)CO. The van der Waals surface area contributed by atoms with Gasteiger partial charge in [-0.3, -0.25) is 4.72 Å². The van der Waals surface area contributed by atoms with Gasteiger partial charge in [-0.05, 0) is 47.5 Å². The number of aliphatic hydroxyl groups excluding tert-OH is 1. The van der Waals surface area contributed by atoms with Gasteiger partial charge in [0.25, 0.3) is 0 Å². The van der Waals surface area contributed by atoms with Crippen LogP contribution in [0.5, 0.6) is 0 Å². The van der Waals surface area contributed by atoms with Crippen molar-refractivity contribution >= 4 is 31.6 Å². The van der Waals surface area contributed by atoms with Crippen molar-refractivity contribution in [1.82, 2.24) is 0 Å². The molecule has 1 aromatic carbocycles. The van der Waals surface area contributed by atoms with Gasteiger partial charge in [0, 0.05) is 0 Å². The van der Waals surface area contributed by atoms with E-state index >= 15 is 0 Å². The van der Waals surface area contributed by atoms with E-state index in [1.807, 2.05) is 0 Å². The topological polar surface area (TPSA) is 66.4 Å². The molecule has 0 radical (unpaired) electrons. The van der Waals surface area contributed by atoms with E-state index in [1.54, 1.807) is 6.92 Å². The third-order valence-corrected chi connectivity index (χ3v) is 4.63. The van der Waals surface area contributed by atoms with Gasteiger partial charge in [0.05, 0.1) is 16.8 Å². The minimum absolute atomic E-state index is 0.172. The molecule has 0 aliphatic rings. The number of anilines is 1. The zero-order valence-electron chi connectivity index (χ0n) is 9.37. The lowest BCUT2D eigenvalue weighted by molar-refractivity contribution is 0.296. The van der Waals surface area contributed by atoms with Crippen LogP contribution < -0.4 is 4.72 Å². The van der Waals surface area contributed by atoms with Gasteiger partial charge in [-0.2, -0.15) is 0 Å². The molecular weight excluding hydrogens is 313 g/mol. The Hall–Kier alpha value is -0.660. The highest BCUT2D eigenvalue weighted by atomic mass is 79.9. The van der Waals surface area contributed by atoms with Crippen LogP contribution in [0.3, 0.4) is 0 Å². The van der Waals surface area contributed by atoms with Crippen molar-refractivity contribution in [2.24, 2.45) is 0 Å². The van der Waals surface area contributed by atoms with E-state index in [0.717, 1.165) is 6.07 Å². The molecule has 1 unspecified atom stereocenters. The maximum Gasteiger partial charge on any atom is 0.237 e. The van der Waals surface area contributed by atoms with Crippen LogP contribution >= 0.6 is 15.9 Å². The molecule has 96 valence electrons. The lowest BCUT2D eigenvalue weighted by Gasteiger charge is -2.14. The Morgan fingerprint density at radius 2 is 2.12 bits per heavy atom. The van der Waals surface area contributed by atoms with Crippen molar-refractivity contribution in [1.29, 1.82) is 0 Å². The van der Waals surface area contributed by atoms with Crippen molar-refractivity contribution in [3.05, 3.63) is 28.0 Å². The molecule has 4 nitrogen and oxygen atoms in total. The van der Waals surface area contributed by atoms with Crippen molar-refractivity contribution < 1.29 is 17.9 Å². The number of nitrogens with one attached hydrogen (secondary N) is 1. The molecule has 0 amide bonds. The maximum atomic E-state index is 13.3. The zero-order valence-corrected chi connectivity index (χ0v) is 11.8. The Bertz CT molecular complexity index is 519. The number of sulfonamides is 1. The van der Waals surface area contributed by atoms with Crippen LogP contribution in [-0.4, -0.2) is 25.4 Å². The molecule has 0 spiro atoms. The number of rotatable bonds is 4. The van der Waals surface area contributed by atoms with Gasteiger partial charge in [0.15, 0.2) is 0 Å². The molecule has 0 saturated carbocycles. The largest absolute Gasteiger partial charge is 0.395 e. The lowest BCUT2D eigenvalue weighted by Crippen LogP contribution is -2.28. The van der Waals surface area contributed by atoms with E-state index in [0.29, 0.717) is 5.56 Å². The number of aryl methyl sites for hydroxylation is 1. The Balaban J connectivity index is 3.08. The highest BCUT2D eigenvalue weighted by molar-refractivity contribution is 9.10. The van der Waals surface area contributed by atoms with Gasteiger partial charge in [-0.15, -0.1) is 0 Å². The summed E-state index contributed by atoms with van der Waals surface area (Å²) in [5.41, 5.74) is 0.762. The van der Waals surface area contributed by atoms with E-state index in [4.69, 9.17) is 5.11 Å². The first-order valence-corrected chi connectivity index (χ1v) is 7.20. The molecule has 0 aromatic heterocycles. The molecule has 0 aliphatic carbocycles. The third-order valence-electron chi connectivity index (χ3n) is 2.31. The average molecular weight is 326 g/mol. The van der Waals surface area contributed by atoms with Crippen LogP contribution in [0, 0.1) is 12.7 Å². The maximum absolute atomic E-state index is 13.3. The van der Waals surface area contributed by atoms with Crippen LogP contribution in [0.2, 0.25) is 0 Å². The van der Waals surface area contributed by atoms with Crippen LogP contribution in [0.1, 0.15) is 12.5 Å². The third kappa shape index (κ3) is 3.40. The molecule has 0 bridgehead atoms. The number of halogens is 2. The molecule has 1 atom stereocenters. The van der Waals surface area contributed by atoms with Gasteiger partial charge in [0.2, 0.25) is 10.0 Å². The average Bonchev–Trinajstić information content (AvgIpc) is 2.24. The fraction of sp³-hybridized carbons (Fsp3) is 0.400. The first kappa shape index (κ1) is 14.4. The molecular formula is C10H13BrFNO3S. The smallest absolute Gasteiger partial charge is 0.237 e. The molecule has 2 N–H and O–H groups in total. The number of aliphatic hydroxyl groups is 1. The Morgan fingerprint density at radius 3 is 2.65 bits per heavy atom. The summed E-state index contributed by atoms with van der Waals surface area (Å²) in [5, 5.41) is 7.87. The zero-order chi connectivity index (χ0) is 13.2. The van der Waals surface area contributed by atoms with Crippen molar-refractivity contribution in [3.63, 3.8) is 0 Å². The fourth-order valence-corrected chi connectivity index (χ4v) is 2.49. The molecule has 0 heterocycles. The minimum Gasteiger partial charge on any atom is -0.395 e. The highest BCUT2D eigenvalue weighted by Crippen LogP contribution is 2.25. The number of hydrogen-bond donors (Lipinski definition) is 2. The molecule has 0 aliphatic heterocycles. The predicted molar refractivity (Wildman–Crippen MR) is 67.9 cm³/mol. The number of hydrogen-bond acceptors (Lipinski definition) is 3. The first-order valence-electron chi connectivity index (χ1n) is 4.86. The molecule has 17 heavy (non-hydrogen) atoms. The normalized spacial score (nSPS) is 13.5. The lowest BCUT2D eigenvalue weighted by atomic mass is 10.2. The van der Waals surface area contributed by atoms with Crippen LogP contribution in [0.25, 0.3) is 0 Å².